The Hall–Kier alpha value is -0.780. The highest BCUT2D eigenvalue weighted by atomic mass is 19.4. The number of hydrogen-bond donors (Lipinski definition) is 1. The molecule has 0 aromatic carbocycles. The molecule has 0 unspecified atom stereocenters. The molecule has 0 aromatic rings. The minimum Gasteiger partial charge on any atom is -0.378 e. The van der Waals surface area contributed by atoms with Crippen molar-refractivity contribution in [2.24, 2.45) is 0 Å². The number of alkyl halides is 3. The van der Waals surface area contributed by atoms with E-state index in [0.717, 1.165) is 0 Å². The van der Waals surface area contributed by atoms with E-state index in [2.05, 4.69) is 0 Å². The molecule has 82 valence electrons. The molecule has 1 fully saturated rings. The molecular weight excluding hydrogens is 199 g/mol. The molecule has 2 atom stereocenters. The van der Waals surface area contributed by atoms with Gasteiger partial charge in [0.2, 0.25) is 0 Å². The van der Waals surface area contributed by atoms with Crippen molar-refractivity contribution in [1.82, 2.24) is 5.32 Å². The lowest BCUT2D eigenvalue weighted by Gasteiger charge is -2.28. The molecule has 0 spiro atoms. The highest BCUT2D eigenvalue weighted by molar-refractivity contribution is 5.81. The van der Waals surface area contributed by atoms with Gasteiger partial charge in [0, 0.05) is 12.6 Å². The summed E-state index contributed by atoms with van der Waals surface area (Å²) in [4.78, 5) is 10.6. The van der Waals surface area contributed by atoms with Gasteiger partial charge < -0.3 is 10.1 Å². The first kappa shape index (κ1) is 11.3. The van der Waals surface area contributed by atoms with Crippen molar-refractivity contribution in [2.75, 3.05) is 6.61 Å². The molecular formula is C8H12F3NO2. The molecule has 3 nitrogen and oxygen atoms in total. The third-order valence-corrected chi connectivity index (χ3v) is 2.08. The first-order valence-corrected chi connectivity index (χ1v) is 4.39. The number of carbonyl (C=O) groups is 1. The number of ether oxygens (including phenoxy) is 1. The van der Waals surface area contributed by atoms with E-state index < -0.39 is 18.1 Å². The Morgan fingerprint density at radius 3 is 2.64 bits per heavy atom. The maximum absolute atomic E-state index is 11.9. The van der Waals surface area contributed by atoms with Gasteiger partial charge >= 0.3 is 12.1 Å². The van der Waals surface area contributed by atoms with Crippen LogP contribution in [0.25, 0.3) is 0 Å². The van der Waals surface area contributed by atoms with Crippen molar-refractivity contribution in [3.05, 3.63) is 0 Å². The van der Waals surface area contributed by atoms with Gasteiger partial charge in [-0.25, -0.2) is 0 Å². The van der Waals surface area contributed by atoms with Crippen molar-refractivity contribution in [2.45, 2.75) is 38.1 Å². The molecule has 1 aliphatic heterocycles. The molecule has 1 amide bonds. The van der Waals surface area contributed by atoms with Gasteiger partial charge in [0.15, 0.2) is 0 Å². The predicted octanol–water partition coefficient (Wildman–Crippen LogP) is 1.23. The molecule has 0 aliphatic carbocycles. The Bertz CT molecular complexity index is 217. The van der Waals surface area contributed by atoms with E-state index in [9.17, 15) is 18.0 Å². The average Bonchev–Trinajstić information content (AvgIpc) is 2.02. The summed E-state index contributed by atoms with van der Waals surface area (Å²) < 4.78 is 40.7. The second-order valence-electron chi connectivity index (χ2n) is 3.37. The van der Waals surface area contributed by atoms with E-state index in [0.29, 0.717) is 19.4 Å². The molecule has 1 heterocycles. The summed E-state index contributed by atoms with van der Waals surface area (Å²) in [6.45, 7) is 2.16. The Balaban J connectivity index is 2.40. The van der Waals surface area contributed by atoms with Gasteiger partial charge in [0.05, 0.1) is 6.10 Å². The first-order chi connectivity index (χ1) is 6.39. The van der Waals surface area contributed by atoms with Crippen LogP contribution in [0.15, 0.2) is 0 Å². The summed E-state index contributed by atoms with van der Waals surface area (Å²) in [5.74, 6) is -1.86. The maximum atomic E-state index is 11.9. The van der Waals surface area contributed by atoms with Crippen molar-refractivity contribution >= 4 is 5.91 Å². The second kappa shape index (κ2) is 4.16. The largest absolute Gasteiger partial charge is 0.471 e. The molecule has 0 bridgehead atoms. The van der Waals surface area contributed by atoms with Gasteiger partial charge in [0.25, 0.3) is 0 Å². The summed E-state index contributed by atoms with van der Waals surface area (Å²) >= 11 is 0. The van der Waals surface area contributed by atoms with Gasteiger partial charge in [-0.05, 0) is 19.8 Å². The third kappa shape index (κ3) is 3.17. The van der Waals surface area contributed by atoms with Crippen LogP contribution in [-0.4, -0.2) is 30.8 Å². The molecule has 0 saturated carbocycles. The number of nitrogens with one attached hydrogen (secondary N) is 1. The van der Waals surface area contributed by atoms with Crippen molar-refractivity contribution < 1.29 is 22.7 Å². The second-order valence-corrected chi connectivity index (χ2v) is 3.37. The summed E-state index contributed by atoms with van der Waals surface area (Å²) in [5, 5.41) is 1.95. The van der Waals surface area contributed by atoms with Gasteiger partial charge in [-0.15, -0.1) is 0 Å². The zero-order valence-electron chi connectivity index (χ0n) is 7.73. The number of rotatable bonds is 1. The predicted molar refractivity (Wildman–Crippen MR) is 42.6 cm³/mol. The average molecular weight is 211 g/mol. The van der Waals surface area contributed by atoms with Crippen molar-refractivity contribution in [3.8, 4) is 0 Å². The fourth-order valence-electron chi connectivity index (χ4n) is 1.40. The van der Waals surface area contributed by atoms with Crippen LogP contribution < -0.4 is 5.32 Å². The first-order valence-electron chi connectivity index (χ1n) is 4.39. The number of carbonyl (C=O) groups excluding carboxylic acids is 1. The van der Waals surface area contributed by atoms with Crippen molar-refractivity contribution in [3.63, 3.8) is 0 Å². The molecule has 1 N–H and O–H groups in total. The number of hydrogen-bond acceptors (Lipinski definition) is 2. The lowest BCUT2D eigenvalue weighted by atomic mass is 10.0. The van der Waals surface area contributed by atoms with Crippen LogP contribution >= 0.6 is 0 Å². The molecule has 6 heteroatoms. The highest BCUT2D eigenvalue weighted by Crippen LogP contribution is 2.18. The van der Waals surface area contributed by atoms with Crippen LogP contribution in [0.3, 0.4) is 0 Å². The van der Waals surface area contributed by atoms with E-state index in [1.54, 1.807) is 6.92 Å². The van der Waals surface area contributed by atoms with Crippen LogP contribution in [0.5, 0.6) is 0 Å². The highest BCUT2D eigenvalue weighted by Gasteiger charge is 2.40. The van der Waals surface area contributed by atoms with Gasteiger partial charge in [0.1, 0.15) is 0 Å². The lowest BCUT2D eigenvalue weighted by Crippen LogP contribution is -2.46. The van der Waals surface area contributed by atoms with Crippen LogP contribution in [0.2, 0.25) is 0 Å². The van der Waals surface area contributed by atoms with E-state index in [-0.39, 0.29) is 6.10 Å². The Morgan fingerprint density at radius 1 is 1.50 bits per heavy atom. The smallest absolute Gasteiger partial charge is 0.378 e. The molecule has 1 rings (SSSR count). The molecule has 14 heavy (non-hydrogen) atoms. The minimum absolute atomic E-state index is 0.0951. The Labute approximate surface area is 79.6 Å². The fourth-order valence-corrected chi connectivity index (χ4v) is 1.40. The minimum atomic E-state index is -4.79. The van der Waals surface area contributed by atoms with Crippen LogP contribution in [0, 0.1) is 0 Å². The van der Waals surface area contributed by atoms with Crippen LogP contribution in [-0.2, 0) is 9.53 Å². The molecule has 0 radical (unpaired) electrons. The number of amides is 1. The van der Waals surface area contributed by atoms with E-state index in [1.807, 2.05) is 5.32 Å². The molecule has 1 aliphatic rings. The van der Waals surface area contributed by atoms with Gasteiger partial charge in [-0.2, -0.15) is 13.2 Å². The van der Waals surface area contributed by atoms with Crippen molar-refractivity contribution in [1.29, 1.82) is 0 Å². The summed E-state index contributed by atoms with van der Waals surface area (Å²) in [7, 11) is 0. The molecule has 0 aromatic heterocycles. The Morgan fingerprint density at radius 2 is 2.14 bits per heavy atom. The monoisotopic (exact) mass is 211 g/mol. The van der Waals surface area contributed by atoms with Gasteiger partial charge in [-0.1, -0.05) is 0 Å². The maximum Gasteiger partial charge on any atom is 0.471 e. The Kier molecular flexibility index (Phi) is 3.36. The zero-order chi connectivity index (χ0) is 10.8. The fraction of sp³-hybridized carbons (Fsp3) is 0.875. The summed E-state index contributed by atoms with van der Waals surface area (Å²) in [6, 6.07) is -0.423. The quantitative estimate of drug-likeness (QED) is 0.708. The summed E-state index contributed by atoms with van der Waals surface area (Å²) in [5.41, 5.74) is 0. The van der Waals surface area contributed by atoms with E-state index in [1.165, 1.54) is 0 Å². The number of halogens is 3. The third-order valence-electron chi connectivity index (χ3n) is 2.08. The summed E-state index contributed by atoms with van der Waals surface area (Å²) in [6.07, 6.45) is -4.02. The lowest BCUT2D eigenvalue weighted by molar-refractivity contribution is -0.175. The van der Waals surface area contributed by atoms with Gasteiger partial charge in [-0.3, -0.25) is 4.79 Å². The van der Waals surface area contributed by atoms with Crippen LogP contribution in [0.4, 0.5) is 13.2 Å². The normalized spacial score (nSPS) is 28.6. The molecule has 1 saturated heterocycles. The van der Waals surface area contributed by atoms with E-state index in [4.69, 9.17) is 4.74 Å². The standard InChI is InChI=1S/C8H12F3NO2/c1-5-4-6(2-3-14-5)12-7(13)8(9,10)11/h5-6H,2-4H2,1H3,(H,12,13)/t5-,6+/m0/s1. The zero-order valence-corrected chi connectivity index (χ0v) is 7.73. The van der Waals surface area contributed by atoms with Crippen LogP contribution in [0.1, 0.15) is 19.8 Å². The van der Waals surface area contributed by atoms with E-state index >= 15 is 0 Å². The SMILES string of the molecule is C[C@H]1C[C@H](NC(=O)C(F)(F)F)CCO1. The topological polar surface area (TPSA) is 38.3 Å².